The van der Waals surface area contributed by atoms with Gasteiger partial charge in [-0.25, -0.2) is 9.97 Å². The number of para-hydroxylation sites is 1. The fourth-order valence-corrected chi connectivity index (χ4v) is 3.21. The minimum Gasteiger partial charge on any atom is -0.354 e. The van der Waals surface area contributed by atoms with Gasteiger partial charge in [-0.3, -0.25) is 0 Å². The molecule has 5 heteroatoms. The normalized spacial score (nSPS) is 15.5. The van der Waals surface area contributed by atoms with Crippen LogP contribution in [0.25, 0.3) is 0 Å². The number of benzene rings is 1. The van der Waals surface area contributed by atoms with E-state index in [1.54, 1.807) is 0 Å². The maximum atomic E-state index is 4.69. The van der Waals surface area contributed by atoms with E-state index in [4.69, 9.17) is 0 Å². The zero-order valence-corrected chi connectivity index (χ0v) is 14.9. The summed E-state index contributed by atoms with van der Waals surface area (Å²) >= 11 is 0. The van der Waals surface area contributed by atoms with E-state index in [1.165, 1.54) is 5.69 Å². The van der Waals surface area contributed by atoms with E-state index in [-0.39, 0.29) is 0 Å². The van der Waals surface area contributed by atoms with Crippen molar-refractivity contribution in [3.63, 3.8) is 0 Å². The smallest absolute Gasteiger partial charge is 0.138 e. The lowest BCUT2D eigenvalue weighted by Gasteiger charge is -2.35. The quantitative estimate of drug-likeness (QED) is 0.844. The number of anilines is 3. The average Bonchev–Trinajstić information content (AvgIpc) is 2.63. The lowest BCUT2D eigenvalue weighted by molar-refractivity contribution is 0.270. The molecule has 24 heavy (non-hydrogen) atoms. The molecule has 0 atom stereocenters. The van der Waals surface area contributed by atoms with Gasteiger partial charge in [-0.1, -0.05) is 25.1 Å². The van der Waals surface area contributed by atoms with Gasteiger partial charge in [-0.2, -0.15) is 0 Å². The first-order valence-corrected chi connectivity index (χ1v) is 8.86. The molecule has 128 valence electrons. The fraction of sp³-hybridized carbons (Fsp3) is 0.474. The topological polar surface area (TPSA) is 35.5 Å². The highest BCUT2D eigenvalue weighted by atomic mass is 15.3. The first-order valence-electron chi connectivity index (χ1n) is 8.86. The van der Waals surface area contributed by atoms with Crippen LogP contribution in [0.4, 0.5) is 17.3 Å². The van der Waals surface area contributed by atoms with Gasteiger partial charge in [-0.05, 0) is 32.5 Å². The van der Waals surface area contributed by atoms with Crippen molar-refractivity contribution in [1.29, 1.82) is 0 Å². The first kappa shape index (κ1) is 16.7. The highest BCUT2D eigenvalue weighted by Gasteiger charge is 2.19. The zero-order valence-electron chi connectivity index (χ0n) is 14.9. The van der Waals surface area contributed by atoms with E-state index < -0.39 is 0 Å². The van der Waals surface area contributed by atoms with Gasteiger partial charge >= 0.3 is 0 Å². The number of rotatable bonds is 5. The van der Waals surface area contributed by atoms with Crippen LogP contribution in [0.1, 0.15) is 19.7 Å². The van der Waals surface area contributed by atoms with E-state index in [9.17, 15) is 0 Å². The molecule has 0 amide bonds. The van der Waals surface area contributed by atoms with Gasteiger partial charge in [-0.15, -0.1) is 0 Å². The van der Waals surface area contributed by atoms with Crippen molar-refractivity contribution in [1.82, 2.24) is 14.9 Å². The molecule has 0 spiro atoms. The predicted molar refractivity (Wildman–Crippen MR) is 100 cm³/mol. The Labute approximate surface area is 144 Å². The van der Waals surface area contributed by atoms with Crippen molar-refractivity contribution in [2.24, 2.45) is 0 Å². The number of nitrogens with zero attached hydrogens (tertiary/aromatic N) is 5. The lowest BCUT2D eigenvalue weighted by Crippen LogP contribution is -2.46. The second-order valence-electron chi connectivity index (χ2n) is 6.13. The molecule has 2 heterocycles. The van der Waals surface area contributed by atoms with Gasteiger partial charge in [0.1, 0.15) is 17.5 Å². The molecule has 5 nitrogen and oxygen atoms in total. The number of hydrogen-bond donors (Lipinski definition) is 0. The van der Waals surface area contributed by atoms with E-state index in [2.05, 4.69) is 68.8 Å². The molecule has 1 aliphatic rings. The Morgan fingerprint density at radius 3 is 2.33 bits per heavy atom. The molecular formula is C19H27N5. The third kappa shape index (κ3) is 3.67. The van der Waals surface area contributed by atoms with E-state index in [0.29, 0.717) is 0 Å². The van der Waals surface area contributed by atoms with Crippen LogP contribution in [-0.2, 0) is 0 Å². The summed E-state index contributed by atoms with van der Waals surface area (Å²) in [7, 11) is 0. The van der Waals surface area contributed by atoms with Gasteiger partial charge in [0.25, 0.3) is 0 Å². The molecule has 1 aliphatic heterocycles. The summed E-state index contributed by atoms with van der Waals surface area (Å²) in [6, 6.07) is 12.6. The van der Waals surface area contributed by atoms with E-state index in [1.807, 2.05) is 13.0 Å². The van der Waals surface area contributed by atoms with Crippen molar-refractivity contribution in [3.8, 4) is 0 Å². The summed E-state index contributed by atoms with van der Waals surface area (Å²) in [6.45, 7) is 12.6. The largest absolute Gasteiger partial charge is 0.354 e. The first-order chi connectivity index (χ1) is 11.7. The van der Waals surface area contributed by atoms with Crippen LogP contribution in [0.3, 0.4) is 0 Å². The molecule has 0 saturated carbocycles. The van der Waals surface area contributed by atoms with Gasteiger partial charge in [0, 0.05) is 44.5 Å². The molecule has 0 aliphatic carbocycles. The molecule has 1 saturated heterocycles. The van der Waals surface area contributed by atoms with Crippen molar-refractivity contribution in [3.05, 3.63) is 42.2 Å². The maximum Gasteiger partial charge on any atom is 0.138 e. The van der Waals surface area contributed by atoms with Crippen LogP contribution in [0.15, 0.2) is 36.4 Å². The van der Waals surface area contributed by atoms with Gasteiger partial charge in [0.15, 0.2) is 0 Å². The summed E-state index contributed by atoms with van der Waals surface area (Å²) < 4.78 is 0. The number of piperazine rings is 1. The molecule has 1 fully saturated rings. The lowest BCUT2D eigenvalue weighted by atomic mass is 10.2. The monoisotopic (exact) mass is 325 g/mol. The van der Waals surface area contributed by atoms with Crippen molar-refractivity contribution >= 4 is 17.3 Å². The predicted octanol–water partition coefficient (Wildman–Crippen LogP) is 3.08. The summed E-state index contributed by atoms with van der Waals surface area (Å²) in [5.74, 6) is 2.85. The van der Waals surface area contributed by atoms with Crippen molar-refractivity contribution < 1.29 is 0 Å². The molecule has 0 bridgehead atoms. The summed E-state index contributed by atoms with van der Waals surface area (Å²) in [4.78, 5) is 16.5. The van der Waals surface area contributed by atoms with Crippen molar-refractivity contribution in [2.75, 3.05) is 49.1 Å². The van der Waals surface area contributed by atoms with Gasteiger partial charge in [0.05, 0.1) is 0 Å². The molecule has 0 unspecified atom stereocenters. The van der Waals surface area contributed by atoms with E-state index in [0.717, 1.165) is 56.7 Å². The zero-order chi connectivity index (χ0) is 16.9. The van der Waals surface area contributed by atoms with Crippen molar-refractivity contribution in [2.45, 2.75) is 20.8 Å². The average molecular weight is 325 g/mol. The number of likely N-dealkylation sites (N-methyl/N-ethyl adjacent to an activating group) is 1. The SMILES string of the molecule is CCN1CCN(c2cc(N(CC)c3ccccc3)nc(C)n2)CC1. The second-order valence-corrected chi connectivity index (χ2v) is 6.13. The van der Waals surface area contributed by atoms with Crippen LogP contribution < -0.4 is 9.80 Å². The van der Waals surface area contributed by atoms with Crippen LogP contribution in [-0.4, -0.2) is 54.1 Å². The van der Waals surface area contributed by atoms with Crippen LogP contribution >= 0.6 is 0 Å². The summed E-state index contributed by atoms with van der Waals surface area (Å²) in [5.41, 5.74) is 1.17. The Kier molecular flexibility index (Phi) is 5.30. The number of aryl methyl sites for hydroxylation is 1. The minimum absolute atomic E-state index is 0.829. The molecule has 1 aromatic heterocycles. The highest BCUT2D eigenvalue weighted by molar-refractivity contribution is 5.62. The number of aromatic nitrogens is 2. The Morgan fingerprint density at radius 2 is 1.71 bits per heavy atom. The summed E-state index contributed by atoms with van der Waals surface area (Å²) in [5, 5.41) is 0. The Morgan fingerprint density at radius 1 is 1.00 bits per heavy atom. The maximum absolute atomic E-state index is 4.69. The van der Waals surface area contributed by atoms with Crippen LogP contribution in [0, 0.1) is 6.92 Å². The van der Waals surface area contributed by atoms with Gasteiger partial charge in [0.2, 0.25) is 0 Å². The highest BCUT2D eigenvalue weighted by Crippen LogP contribution is 2.26. The molecule has 1 aromatic carbocycles. The molecule has 3 rings (SSSR count). The number of hydrogen-bond acceptors (Lipinski definition) is 5. The third-order valence-corrected chi connectivity index (χ3v) is 4.62. The Balaban J connectivity index is 1.86. The third-order valence-electron chi connectivity index (χ3n) is 4.62. The van der Waals surface area contributed by atoms with Gasteiger partial charge < -0.3 is 14.7 Å². The molecular weight excluding hydrogens is 298 g/mol. The fourth-order valence-electron chi connectivity index (χ4n) is 3.21. The Hall–Kier alpha value is -2.14. The molecule has 0 radical (unpaired) electrons. The minimum atomic E-state index is 0.829. The standard InChI is InChI=1S/C19H27N5/c1-4-22-11-13-23(14-12-22)18-15-19(21-16(3)20-18)24(5-2)17-9-7-6-8-10-17/h6-10,15H,4-5,11-14H2,1-3H3. The second kappa shape index (κ2) is 7.62. The van der Waals surface area contributed by atoms with Crippen LogP contribution in [0.5, 0.6) is 0 Å². The molecule has 2 aromatic rings. The van der Waals surface area contributed by atoms with E-state index >= 15 is 0 Å². The molecule has 0 N–H and O–H groups in total. The van der Waals surface area contributed by atoms with Crippen LogP contribution in [0.2, 0.25) is 0 Å². The Bertz CT molecular complexity index is 650. The summed E-state index contributed by atoms with van der Waals surface area (Å²) in [6.07, 6.45) is 0.